The summed E-state index contributed by atoms with van der Waals surface area (Å²) in [7, 11) is 0. The molecular weight excluding hydrogens is 184 g/mol. The van der Waals surface area contributed by atoms with Crippen LogP contribution < -0.4 is 5.32 Å². The van der Waals surface area contributed by atoms with Crippen molar-refractivity contribution >= 4 is 5.69 Å². The van der Waals surface area contributed by atoms with E-state index in [0.717, 1.165) is 18.9 Å². The van der Waals surface area contributed by atoms with Crippen molar-refractivity contribution in [3.05, 3.63) is 18.0 Å². The Hall–Kier alpha value is -0.920. The van der Waals surface area contributed by atoms with Crippen molar-refractivity contribution in [3.8, 4) is 0 Å². The van der Waals surface area contributed by atoms with Crippen LogP contribution in [0.15, 0.2) is 12.3 Å². The van der Waals surface area contributed by atoms with Crippen LogP contribution >= 0.6 is 0 Å². The van der Waals surface area contributed by atoms with Crippen LogP contribution in [0.25, 0.3) is 0 Å². The maximum Gasteiger partial charge on any atom is 0.0550 e. The smallest absolute Gasteiger partial charge is 0.0550 e. The Kier molecular flexibility index (Phi) is 3.70. The van der Waals surface area contributed by atoms with Crippen molar-refractivity contribution in [2.45, 2.75) is 45.4 Å². The van der Waals surface area contributed by atoms with Gasteiger partial charge in [-0.3, -0.25) is 0 Å². The fourth-order valence-corrected chi connectivity index (χ4v) is 2.51. The molecule has 0 amide bonds. The maximum atomic E-state index is 3.58. The molecule has 0 saturated heterocycles. The van der Waals surface area contributed by atoms with Crippen LogP contribution in [0.4, 0.5) is 5.69 Å². The average molecular weight is 206 g/mol. The molecule has 0 radical (unpaired) electrons. The van der Waals surface area contributed by atoms with Gasteiger partial charge >= 0.3 is 0 Å². The first kappa shape index (κ1) is 10.6. The third-order valence-electron chi connectivity index (χ3n) is 3.49. The zero-order valence-corrected chi connectivity index (χ0v) is 9.68. The van der Waals surface area contributed by atoms with E-state index in [1.807, 2.05) is 6.20 Å². The molecule has 0 aliphatic heterocycles. The molecule has 1 aliphatic rings. The van der Waals surface area contributed by atoms with Gasteiger partial charge in [0.2, 0.25) is 0 Å². The van der Waals surface area contributed by atoms with E-state index in [9.17, 15) is 0 Å². The topological polar surface area (TPSA) is 27.8 Å². The number of H-pyrrole nitrogens is 1. The first-order valence-corrected chi connectivity index (χ1v) is 6.30. The summed E-state index contributed by atoms with van der Waals surface area (Å²) in [5.74, 6) is 0.901. The van der Waals surface area contributed by atoms with Crippen LogP contribution in [0.5, 0.6) is 0 Å². The van der Waals surface area contributed by atoms with Crippen molar-refractivity contribution in [2.75, 3.05) is 11.9 Å². The molecule has 1 saturated carbocycles. The second-order valence-corrected chi connectivity index (χ2v) is 4.61. The fraction of sp³-hybridized carbons (Fsp3) is 0.692. The average Bonchev–Trinajstić information content (AvgIpc) is 2.75. The van der Waals surface area contributed by atoms with Crippen LogP contribution in [0.2, 0.25) is 0 Å². The lowest BCUT2D eigenvalue weighted by molar-refractivity contribution is 0.373. The number of anilines is 1. The normalized spacial score (nSPS) is 17.9. The van der Waals surface area contributed by atoms with Gasteiger partial charge in [0.15, 0.2) is 0 Å². The first-order valence-electron chi connectivity index (χ1n) is 6.30. The molecule has 2 rings (SSSR count). The molecule has 15 heavy (non-hydrogen) atoms. The van der Waals surface area contributed by atoms with Gasteiger partial charge in [-0.05, 0) is 31.2 Å². The minimum Gasteiger partial charge on any atom is -0.383 e. The van der Waals surface area contributed by atoms with E-state index in [2.05, 4.69) is 23.3 Å². The van der Waals surface area contributed by atoms with Gasteiger partial charge in [0.05, 0.1) is 5.69 Å². The van der Waals surface area contributed by atoms with Gasteiger partial charge in [0.1, 0.15) is 0 Å². The third-order valence-corrected chi connectivity index (χ3v) is 3.49. The van der Waals surface area contributed by atoms with Crippen molar-refractivity contribution in [2.24, 2.45) is 5.92 Å². The Morgan fingerprint density at radius 2 is 2.13 bits per heavy atom. The van der Waals surface area contributed by atoms with Crippen LogP contribution in [-0.2, 0) is 6.42 Å². The van der Waals surface area contributed by atoms with Gasteiger partial charge in [-0.15, -0.1) is 0 Å². The van der Waals surface area contributed by atoms with Gasteiger partial charge in [-0.25, -0.2) is 0 Å². The molecule has 0 spiro atoms. The highest BCUT2D eigenvalue weighted by molar-refractivity contribution is 5.48. The Morgan fingerprint density at radius 1 is 1.33 bits per heavy atom. The minimum absolute atomic E-state index is 0.901. The van der Waals surface area contributed by atoms with Crippen molar-refractivity contribution < 1.29 is 0 Å². The van der Waals surface area contributed by atoms with E-state index in [0.29, 0.717) is 0 Å². The summed E-state index contributed by atoms with van der Waals surface area (Å²) < 4.78 is 0. The summed E-state index contributed by atoms with van der Waals surface area (Å²) in [4.78, 5) is 3.28. The molecule has 1 aromatic rings. The van der Waals surface area contributed by atoms with Crippen molar-refractivity contribution in [1.29, 1.82) is 0 Å². The van der Waals surface area contributed by atoms with Gasteiger partial charge < -0.3 is 10.3 Å². The van der Waals surface area contributed by atoms with Crippen LogP contribution in [0.3, 0.4) is 0 Å². The van der Waals surface area contributed by atoms with Gasteiger partial charge in [-0.2, -0.15) is 0 Å². The summed E-state index contributed by atoms with van der Waals surface area (Å²) in [6.07, 6.45) is 10.3. The Morgan fingerprint density at radius 3 is 2.87 bits per heavy atom. The second kappa shape index (κ2) is 5.24. The lowest BCUT2D eigenvalue weighted by atomic mass is 9.89. The predicted molar refractivity (Wildman–Crippen MR) is 65.2 cm³/mol. The van der Waals surface area contributed by atoms with Crippen molar-refractivity contribution in [1.82, 2.24) is 4.98 Å². The molecule has 0 atom stereocenters. The molecule has 1 aromatic heterocycles. The zero-order chi connectivity index (χ0) is 10.5. The number of nitrogens with one attached hydrogen (secondary N) is 2. The zero-order valence-electron chi connectivity index (χ0n) is 9.68. The van der Waals surface area contributed by atoms with Crippen LogP contribution in [0, 0.1) is 5.92 Å². The highest BCUT2D eigenvalue weighted by Crippen LogP contribution is 2.24. The standard InChI is InChI=1S/C13H22N2/c1-2-12-13(8-9-14-12)15-10-11-6-4-3-5-7-11/h8-9,11,14-15H,2-7,10H2,1H3. The van der Waals surface area contributed by atoms with E-state index in [1.54, 1.807) is 0 Å². The number of aryl methyl sites for hydroxylation is 1. The van der Waals surface area contributed by atoms with Crippen LogP contribution in [0.1, 0.15) is 44.7 Å². The second-order valence-electron chi connectivity index (χ2n) is 4.61. The first-order chi connectivity index (χ1) is 7.40. The molecule has 84 valence electrons. The van der Waals surface area contributed by atoms with Gasteiger partial charge in [0, 0.05) is 18.4 Å². The van der Waals surface area contributed by atoms with Crippen LogP contribution in [-0.4, -0.2) is 11.5 Å². The molecule has 1 heterocycles. The number of hydrogen-bond donors (Lipinski definition) is 2. The Bertz CT molecular complexity index is 284. The predicted octanol–water partition coefficient (Wildman–Crippen LogP) is 3.57. The monoisotopic (exact) mass is 206 g/mol. The SMILES string of the molecule is CCc1[nH]ccc1NCC1CCCCC1. The molecule has 2 nitrogen and oxygen atoms in total. The summed E-state index contributed by atoms with van der Waals surface area (Å²) in [5, 5.41) is 3.58. The van der Waals surface area contributed by atoms with Gasteiger partial charge in [-0.1, -0.05) is 26.2 Å². The van der Waals surface area contributed by atoms with Gasteiger partial charge in [0.25, 0.3) is 0 Å². The number of aromatic nitrogens is 1. The van der Waals surface area contributed by atoms with E-state index in [1.165, 1.54) is 43.5 Å². The summed E-state index contributed by atoms with van der Waals surface area (Å²) in [6, 6.07) is 2.15. The Labute approximate surface area is 92.5 Å². The highest BCUT2D eigenvalue weighted by atomic mass is 14.9. The van der Waals surface area contributed by atoms with E-state index in [4.69, 9.17) is 0 Å². The lowest BCUT2D eigenvalue weighted by Gasteiger charge is -2.22. The molecule has 0 bridgehead atoms. The summed E-state index contributed by atoms with van der Waals surface area (Å²) in [5.41, 5.74) is 2.65. The largest absolute Gasteiger partial charge is 0.383 e. The molecule has 2 N–H and O–H groups in total. The van der Waals surface area contributed by atoms with E-state index >= 15 is 0 Å². The van der Waals surface area contributed by atoms with E-state index in [-0.39, 0.29) is 0 Å². The maximum absolute atomic E-state index is 3.58. The molecular formula is C13H22N2. The summed E-state index contributed by atoms with van der Waals surface area (Å²) >= 11 is 0. The lowest BCUT2D eigenvalue weighted by Crippen LogP contribution is -2.17. The fourth-order valence-electron chi connectivity index (χ4n) is 2.51. The minimum atomic E-state index is 0.901. The van der Waals surface area contributed by atoms with Crippen molar-refractivity contribution in [3.63, 3.8) is 0 Å². The quantitative estimate of drug-likeness (QED) is 0.774. The third kappa shape index (κ3) is 2.77. The molecule has 1 aliphatic carbocycles. The highest BCUT2D eigenvalue weighted by Gasteiger charge is 2.13. The van der Waals surface area contributed by atoms with E-state index < -0.39 is 0 Å². The summed E-state index contributed by atoms with van der Waals surface area (Å²) in [6.45, 7) is 3.35. The number of aromatic amines is 1. The number of rotatable bonds is 4. The molecule has 0 aromatic carbocycles. The Balaban J connectivity index is 1.81. The number of hydrogen-bond acceptors (Lipinski definition) is 1. The molecule has 2 heteroatoms. The molecule has 1 fully saturated rings. The molecule has 0 unspecified atom stereocenters.